The molecule has 1 N–H and O–H groups in total. The zero-order valence-electron chi connectivity index (χ0n) is 10.9. The van der Waals surface area contributed by atoms with Gasteiger partial charge in [0.25, 0.3) is 0 Å². The zero-order chi connectivity index (χ0) is 12.1. The second kappa shape index (κ2) is 6.39. The van der Waals surface area contributed by atoms with E-state index in [1.807, 2.05) is 6.92 Å². The van der Waals surface area contributed by atoms with E-state index >= 15 is 0 Å². The van der Waals surface area contributed by atoms with Gasteiger partial charge in [0, 0.05) is 19.1 Å². The van der Waals surface area contributed by atoms with Gasteiger partial charge in [-0.1, -0.05) is 32.1 Å². The molecule has 0 heterocycles. The minimum Gasteiger partial charge on any atom is -0.381 e. The molecule has 0 saturated heterocycles. The van der Waals surface area contributed by atoms with E-state index < -0.39 is 0 Å². The molecule has 0 aromatic heterocycles. The molecule has 0 bridgehead atoms. The molecule has 2 aliphatic carbocycles. The second-order valence-electron chi connectivity index (χ2n) is 5.42. The van der Waals surface area contributed by atoms with Gasteiger partial charge in [-0.2, -0.15) is 0 Å². The highest BCUT2D eigenvalue weighted by molar-refractivity contribution is 5.76. The standard InChI is InChI=1S/C14H25NO2/c1-2-17-9-8-14(16)15-13-10-12(13)11-6-4-3-5-7-11/h11-13H,2-10H2,1H3,(H,15,16)/t12-,13-/m0/s1. The summed E-state index contributed by atoms with van der Waals surface area (Å²) in [6.45, 7) is 3.21. The van der Waals surface area contributed by atoms with E-state index in [1.165, 1.54) is 38.5 Å². The monoisotopic (exact) mass is 239 g/mol. The van der Waals surface area contributed by atoms with Crippen molar-refractivity contribution in [3.63, 3.8) is 0 Å². The van der Waals surface area contributed by atoms with Gasteiger partial charge in [0.05, 0.1) is 6.61 Å². The molecule has 3 nitrogen and oxygen atoms in total. The smallest absolute Gasteiger partial charge is 0.222 e. The lowest BCUT2D eigenvalue weighted by molar-refractivity contribution is -0.122. The van der Waals surface area contributed by atoms with Crippen molar-refractivity contribution < 1.29 is 9.53 Å². The number of hydrogen-bond acceptors (Lipinski definition) is 2. The molecule has 0 unspecified atom stereocenters. The Morgan fingerprint density at radius 1 is 1.29 bits per heavy atom. The highest BCUT2D eigenvalue weighted by Gasteiger charge is 2.43. The zero-order valence-corrected chi connectivity index (χ0v) is 10.9. The van der Waals surface area contributed by atoms with Gasteiger partial charge >= 0.3 is 0 Å². The lowest BCUT2D eigenvalue weighted by Gasteiger charge is -2.21. The van der Waals surface area contributed by atoms with Crippen molar-refractivity contribution in [1.29, 1.82) is 0 Å². The minimum absolute atomic E-state index is 0.168. The molecule has 1 amide bonds. The van der Waals surface area contributed by atoms with Crippen LogP contribution in [0.15, 0.2) is 0 Å². The largest absolute Gasteiger partial charge is 0.381 e. The average molecular weight is 239 g/mol. The molecule has 0 spiro atoms. The van der Waals surface area contributed by atoms with Gasteiger partial charge in [0.1, 0.15) is 0 Å². The molecule has 2 rings (SSSR count). The van der Waals surface area contributed by atoms with Crippen molar-refractivity contribution in [2.24, 2.45) is 11.8 Å². The molecular formula is C14H25NO2. The number of hydrogen-bond donors (Lipinski definition) is 1. The normalized spacial score (nSPS) is 29.0. The second-order valence-corrected chi connectivity index (χ2v) is 5.42. The van der Waals surface area contributed by atoms with Crippen LogP contribution in [0.3, 0.4) is 0 Å². The Morgan fingerprint density at radius 2 is 2.06 bits per heavy atom. The summed E-state index contributed by atoms with van der Waals surface area (Å²) >= 11 is 0. The van der Waals surface area contributed by atoms with Crippen LogP contribution in [-0.4, -0.2) is 25.2 Å². The molecule has 2 aliphatic rings. The summed E-state index contributed by atoms with van der Waals surface area (Å²) in [5.74, 6) is 1.84. The fourth-order valence-electron chi connectivity index (χ4n) is 3.05. The number of nitrogens with one attached hydrogen (secondary N) is 1. The predicted octanol–water partition coefficient (Wildman–Crippen LogP) is 2.50. The van der Waals surface area contributed by atoms with Crippen LogP contribution in [0, 0.1) is 11.8 Å². The quantitative estimate of drug-likeness (QED) is 0.723. The van der Waals surface area contributed by atoms with Crippen molar-refractivity contribution in [1.82, 2.24) is 5.32 Å². The summed E-state index contributed by atoms with van der Waals surface area (Å²) in [5, 5.41) is 3.14. The molecule has 0 aliphatic heterocycles. The van der Waals surface area contributed by atoms with Crippen molar-refractivity contribution in [2.75, 3.05) is 13.2 Å². The third kappa shape index (κ3) is 3.98. The van der Waals surface area contributed by atoms with Gasteiger partial charge < -0.3 is 10.1 Å². The van der Waals surface area contributed by atoms with Crippen LogP contribution in [0.5, 0.6) is 0 Å². The molecule has 2 atom stereocenters. The van der Waals surface area contributed by atoms with Crippen molar-refractivity contribution in [2.45, 2.75) is 57.9 Å². The van der Waals surface area contributed by atoms with Crippen LogP contribution in [0.4, 0.5) is 0 Å². The van der Waals surface area contributed by atoms with Crippen LogP contribution in [0.2, 0.25) is 0 Å². The van der Waals surface area contributed by atoms with E-state index in [0.29, 0.717) is 25.7 Å². The van der Waals surface area contributed by atoms with Crippen molar-refractivity contribution in [3.8, 4) is 0 Å². The van der Waals surface area contributed by atoms with Crippen molar-refractivity contribution in [3.05, 3.63) is 0 Å². The van der Waals surface area contributed by atoms with Crippen LogP contribution in [0.1, 0.15) is 51.9 Å². The van der Waals surface area contributed by atoms with E-state index in [2.05, 4.69) is 5.32 Å². The third-order valence-electron chi connectivity index (χ3n) is 4.12. The number of carbonyl (C=O) groups excluding carboxylic acids is 1. The average Bonchev–Trinajstić information content (AvgIpc) is 3.10. The fourth-order valence-corrected chi connectivity index (χ4v) is 3.05. The highest BCUT2D eigenvalue weighted by atomic mass is 16.5. The van der Waals surface area contributed by atoms with Gasteiger partial charge in [0.15, 0.2) is 0 Å². The maximum absolute atomic E-state index is 11.6. The SMILES string of the molecule is CCOCCC(=O)N[C@H]1C[C@H]1C1CCCCC1. The molecule has 0 radical (unpaired) electrons. The van der Waals surface area contributed by atoms with Crippen LogP contribution in [-0.2, 0) is 9.53 Å². The summed E-state index contributed by atoms with van der Waals surface area (Å²) in [4.78, 5) is 11.6. The van der Waals surface area contributed by atoms with Crippen LogP contribution < -0.4 is 5.32 Å². The molecule has 0 aromatic carbocycles. The summed E-state index contributed by atoms with van der Waals surface area (Å²) in [6.07, 6.45) is 8.70. The van der Waals surface area contributed by atoms with E-state index in [0.717, 1.165) is 11.8 Å². The van der Waals surface area contributed by atoms with Crippen molar-refractivity contribution >= 4 is 5.91 Å². The van der Waals surface area contributed by atoms with Crippen LogP contribution in [0.25, 0.3) is 0 Å². The van der Waals surface area contributed by atoms with E-state index in [9.17, 15) is 4.79 Å². The first-order valence-corrected chi connectivity index (χ1v) is 7.18. The van der Waals surface area contributed by atoms with Gasteiger partial charge in [0.2, 0.25) is 5.91 Å². The topological polar surface area (TPSA) is 38.3 Å². The molecule has 17 heavy (non-hydrogen) atoms. The molecule has 98 valence electrons. The Bertz CT molecular complexity index is 249. The Balaban J connectivity index is 1.60. The van der Waals surface area contributed by atoms with E-state index in [1.54, 1.807) is 0 Å². The van der Waals surface area contributed by atoms with Gasteiger partial charge in [-0.15, -0.1) is 0 Å². The van der Waals surface area contributed by atoms with Crippen LogP contribution >= 0.6 is 0 Å². The molecule has 2 saturated carbocycles. The van der Waals surface area contributed by atoms with Gasteiger partial charge in [-0.25, -0.2) is 0 Å². The minimum atomic E-state index is 0.168. The third-order valence-corrected chi connectivity index (χ3v) is 4.12. The molecule has 0 aromatic rings. The molecular weight excluding hydrogens is 214 g/mol. The lowest BCUT2D eigenvalue weighted by Crippen LogP contribution is -2.29. The summed E-state index contributed by atoms with van der Waals surface area (Å²) in [6, 6.07) is 0.479. The molecule has 2 fully saturated rings. The number of rotatable bonds is 6. The van der Waals surface area contributed by atoms with E-state index in [-0.39, 0.29) is 5.91 Å². The maximum atomic E-state index is 11.6. The number of amides is 1. The molecule has 3 heteroatoms. The maximum Gasteiger partial charge on any atom is 0.222 e. The number of ether oxygens (including phenoxy) is 1. The summed E-state index contributed by atoms with van der Waals surface area (Å²) < 4.78 is 5.19. The first kappa shape index (κ1) is 12.9. The lowest BCUT2D eigenvalue weighted by atomic mass is 9.85. The van der Waals surface area contributed by atoms with E-state index in [4.69, 9.17) is 4.74 Å². The Morgan fingerprint density at radius 3 is 2.76 bits per heavy atom. The summed E-state index contributed by atoms with van der Waals surface area (Å²) in [5.41, 5.74) is 0. The Hall–Kier alpha value is -0.570. The van der Waals surface area contributed by atoms with Gasteiger partial charge in [-0.3, -0.25) is 4.79 Å². The first-order chi connectivity index (χ1) is 8.31. The highest BCUT2D eigenvalue weighted by Crippen LogP contribution is 2.44. The Labute approximate surface area is 104 Å². The Kier molecular flexibility index (Phi) is 4.84. The number of carbonyl (C=O) groups is 1. The van der Waals surface area contributed by atoms with Gasteiger partial charge in [-0.05, 0) is 25.2 Å². The fraction of sp³-hybridized carbons (Fsp3) is 0.929. The predicted molar refractivity (Wildman–Crippen MR) is 67.7 cm³/mol. The first-order valence-electron chi connectivity index (χ1n) is 7.18. The summed E-state index contributed by atoms with van der Waals surface area (Å²) in [7, 11) is 0.